The van der Waals surface area contributed by atoms with E-state index >= 15 is 0 Å². The molecule has 1 amide bonds. The Kier molecular flexibility index (Phi) is 6.55. The minimum absolute atomic E-state index is 0.212. The molecular formula is C20H23NO3. The van der Waals surface area contributed by atoms with Gasteiger partial charge in [0.2, 0.25) is 0 Å². The summed E-state index contributed by atoms with van der Waals surface area (Å²) < 4.78 is 5.34. The number of carbonyl (C=O) groups is 2. The molecule has 0 saturated carbocycles. The van der Waals surface area contributed by atoms with Crippen molar-refractivity contribution in [2.45, 2.75) is 39.5 Å². The molecule has 2 aromatic carbocycles. The van der Waals surface area contributed by atoms with Crippen LogP contribution in [-0.4, -0.2) is 23.3 Å². The van der Waals surface area contributed by atoms with Gasteiger partial charge in [0.05, 0.1) is 12.6 Å². The number of carbonyl (C=O) groups excluding carboxylic acids is 2. The highest BCUT2D eigenvalue weighted by Gasteiger charge is 2.30. The summed E-state index contributed by atoms with van der Waals surface area (Å²) in [7, 11) is 0. The minimum Gasteiger partial charge on any atom is -0.445 e. The van der Waals surface area contributed by atoms with Gasteiger partial charge in [-0.3, -0.25) is 4.90 Å². The van der Waals surface area contributed by atoms with Gasteiger partial charge in [0.25, 0.3) is 0 Å². The van der Waals surface area contributed by atoms with Crippen LogP contribution in [0.2, 0.25) is 0 Å². The van der Waals surface area contributed by atoms with E-state index in [1.807, 2.05) is 68.4 Å². The molecule has 0 spiro atoms. The molecule has 0 saturated heterocycles. The van der Waals surface area contributed by atoms with Crippen molar-refractivity contribution in [2.24, 2.45) is 0 Å². The average molecular weight is 325 g/mol. The maximum atomic E-state index is 12.3. The van der Waals surface area contributed by atoms with Crippen molar-refractivity contribution in [1.82, 2.24) is 4.90 Å². The van der Waals surface area contributed by atoms with Crippen molar-refractivity contribution in [3.05, 3.63) is 71.3 Å². The van der Waals surface area contributed by atoms with E-state index in [2.05, 4.69) is 0 Å². The number of ether oxygens (including phenoxy) is 1. The summed E-state index contributed by atoms with van der Waals surface area (Å²) in [5.74, 6) is 0. The average Bonchev–Trinajstić information content (AvgIpc) is 2.67. The van der Waals surface area contributed by atoms with Crippen LogP contribution < -0.4 is 0 Å². The Bertz CT molecular complexity index is 670. The molecular weight excluding hydrogens is 302 g/mol. The van der Waals surface area contributed by atoms with E-state index in [0.717, 1.165) is 23.0 Å². The Morgan fingerprint density at radius 2 is 1.71 bits per heavy atom. The quantitative estimate of drug-likeness (QED) is 0.802. The van der Waals surface area contributed by atoms with E-state index in [9.17, 15) is 9.59 Å². The van der Waals surface area contributed by atoms with E-state index in [-0.39, 0.29) is 6.61 Å². The molecule has 0 fully saturated rings. The molecule has 0 aliphatic carbocycles. The molecule has 1 aliphatic heterocycles. The first kappa shape index (κ1) is 17.7. The molecule has 126 valence electrons. The van der Waals surface area contributed by atoms with Crippen molar-refractivity contribution in [1.29, 1.82) is 0 Å². The van der Waals surface area contributed by atoms with Gasteiger partial charge in [-0.15, -0.1) is 0 Å². The Labute approximate surface area is 143 Å². The van der Waals surface area contributed by atoms with Crippen molar-refractivity contribution < 1.29 is 14.3 Å². The Hall–Kier alpha value is -2.62. The number of hydrogen-bond acceptors (Lipinski definition) is 3. The van der Waals surface area contributed by atoms with Gasteiger partial charge in [0.15, 0.2) is 0 Å². The van der Waals surface area contributed by atoms with Crippen molar-refractivity contribution >= 4 is 12.4 Å². The van der Waals surface area contributed by atoms with Gasteiger partial charge in [0.1, 0.15) is 12.9 Å². The number of benzene rings is 2. The summed E-state index contributed by atoms with van der Waals surface area (Å²) in [6, 6.07) is 16.9. The molecule has 0 N–H and O–H groups in total. The highest BCUT2D eigenvalue weighted by molar-refractivity contribution is 5.74. The van der Waals surface area contributed by atoms with Crippen molar-refractivity contribution in [3.8, 4) is 0 Å². The summed E-state index contributed by atoms with van der Waals surface area (Å²) in [5, 5.41) is 0. The number of nitrogens with zero attached hydrogens (tertiary/aromatic N) is 1. The predicted octanol–water partition coefficient (Wildman–Crippen LogP) is 3.98. The summed E-state index contributed by atoms with van der Waals surface area (Å²) in [5.41, 5.74) is 3.11. The number of fused-ring (bicyclic) bond motifs is 1. The van der Waals surface area contributed by atoms with Crippen LogP contribution >= 0.6 is 0 Å². The van der Waals surface area contributed by atoms with E-state index in [1.54, 1.807) is 0 Å². The van der Waals surface area contributed by atoms with Gasteiger partial charge in [-0.25, -0.2) is 4.79 Å². The Morgan fingerprint density at radius 1 is 1.08 bits per heavy atom. The molecule has 2 aromatic rings. The zero-order chi connectivity index (χ0) is 17.4. The largest absolute Gasteiger partial charge is 0.445 e. The van der Waals surface area contributed by atoms with Gasteiger partial charge in [-0.05, 0) is 16.7 Å². The molecule has 4 heteroatoms. The van der Waals surface area contributed by atoms with Crippen LogP contribution in [0.1, 0.15) is 30.5 Å². The molecule has 1 aliphatic rings. The zero-order valence-corrected chi connectivity index (χ0v) is 14.1. The first-order chi connectivity index (χ1) is 11.8. The summed E-state index contributed by atoms with van der Waals surface area (Å²) >= 11 is 0. The lowest BCUT2D eigenvalue weighted by molar-refractivity contribution is -0.112. The summed E-state index contributed by atoms with van der Waals surface area (Å²) in [6.45, 7) is 4.62. The van der Waals surface area contributed by atoms with Crippen molar-refractivity contribution in [2.75, 3.05) is 0 Å². The molecule has 4 nitrogen and oxygen atoms in total. The third-order valence-corrected chi connectivity index (χ3v) is 3.89. The number of aldehydes is 1. The van der Waals surface area contributed by atoms with Crippen LogP contribution in [0, 0.1) is 0 Å². The van der Waals surface area contributed by atoms with Crippen LogP contribution in [0.3, 0.4) is 0 Å². The second-order valence-electron chi connectivity index (χ2n) is 5.34. The highest BCUT2D eigenvalue weighted by atomic mass is 16.6. The fourth-order valence-corrected chi connectivity index (χ4v) is 2.67. The number of hydrogen-bond donors (Lipinski definition) is 0. The van der Waals surface area contributed by atoms with Gasteiger partial charge in [-0.2, -0.15) is 0 Å². The summed E-state index contributed by atoms with van der Waals surface area (Å²) in [6.07, 6.45) is 0.912. The predicted molar refractivity (Wildman–Crippen MR) is 93.5 cm³/mol. The normalized spacial score (nSPS) is 15.6. The van der Waals surface area contributed by atoms with Gasteiger partial charge >= 0.3 is 6.09 Å². The Balaban J connectivity index is 0.00000100. The molecule has 3 rings (SSSR count). The first-order valence-electron chi connectivity index (χ1n) is 8.27. The lowest BCUT2D eigenvalue weighted by atomic mass is 9.95. The molecule has 0 radical (unpaired) electrons. The SMILES string of the molecule is CC.O=CC1Cc2ccccc2CN1C(=O)OCc1ccccc1. The Morgan fingerprint density at radius 3 is 2.38 bits per heavy atom. The van der Waals surface area contributed by atoms with Crippen LogP contribution in [-0.2, 0) is 29.1 Å². The fraction of sp³-hybridized carbons (Fsp3) is 0.300. The standard InChI is InChI=1S/C18H17NO3.C2H6/c20-12-17-10-15-8-4-5-9-16(15)11-19(17)18(21)22-13-14-6-2-1-3-7-14;1-2/h1-9,12,17H,10-11,13H2;1-2H3. The van der Waals surface area contributed by atoms with Gasteiger partial charge in [0, 0.05) is 6.42 Å². The lowest BCUT2D eigenvalue weighted by Gasteiger charge is -2.33. The fourth-order valence-electron chi connectivity index (χ4n) is 2.67. The smallest absolute Gasteiger partial charge is 0.411 e. The van der Waals surface area contributed by atoms with Gasteiger partial charge in [-0.1, -0.05) is 68.4 Å². The summed E-state index contributed by atoms with van der Waals surface area (Å²) in [4.78, 5) is 25.1. The second-order valence-corrected chi connectivity index (χ2v) is 5.34. The van der Waals surface area contributed by atoms with E-state index in [4.69, 9.17) is 4.74 Å². The number of amides is 1. The lowest BCUT2D eigenvalue weighted by Crippen LogP contribution is -2.45. The third kappa shape index (κ3) is 4.22. The monoisotopic (exact) mass is 325 g/mol. The first-order valence-corrected chi connectivity index (χ1v) is 8.27. The molecule has 1 heterocycles. The van der Waals surface area contributed by atoms with Crippen molar-refractivity contribution in [3.63, 3.8) is 0 Å². The van der Waals surface area contributed by atoms with Crippen LogP contribution in [0.15, 0.2) is 54.6 Å². The van der Waals surface area contributed by atoms with E-state index in [1.165, 1.54) is 4.90 Å². The molecule has 24 heavy (non-hydrogen) atoms. The van der Waals surface area contributed by atoms with E-state index < -0.39 is 12.1 Å². The topological polar surface area (TPSA) is 46.6 Å². The highest BCUT2D eigenvalue weighted by Crippen LogP contribution is 2.23. The minimum atomic E-state index is -0.460. The molecule has 0 aromatic heterocycles. The third-order valence-electron chi connectivity index (χ3n) is 3.89. The zero-order valence-electron chi connectivity index (χ0n) is 14.1. The van der Waals surface area contributed by atoms with Crippen LogP contribution in [0.5, 0.6) is 0 Å². The van der Waals surface area contributed by atoms with E-state index in [0.29, 0.717) is 13.0 Å². The van der Waals surface area contributed by atoms with Crippen LogP contribution in [0.25, 0.3) is 0 Å². The second kappa shape index (κ2) is 8.87. The van der Waals surface area contributed by atoms with Crippen LogP contribution in [0.4, 0.5) is 4.79 Å². The molecule has 0 bridgehead atoms. The number of rotatable bonds is 3. The van der Waals surface area contributed by atoms with Gasteiger partial charge < -0.3 is 9.53 Å². The molecule has 1 atom stereocenters. The maximum absolute atomic E-state index is 12.3. The molecule has 1 unspecified atom stereocenters. The maximum Gasteiger partial charge on any atom is 0.411 e.